The Labute approximate surface area is 155 Å². The van der Waals surface area contributed by atoms with Crippen molar-refractivity contribution in [1.82, 2.24) is 25.9 Å². The van der Waals surface area contributed by atoms with Crippen LogP contribution in [0.1, 0.15) is 16.7 Å². The van der Waals surface area contributed by atoms with Crippen LogP contribution in [0.25, 0.3) is 5.69 Å². The number of para-hydroxylation sites is 1. The zero-order valence-electron chi connectivity index (χ0n) is 14.0. The number of aryl methyl sites for hydroxylation is 1. The third-order valence-electron chi connectivity index (χ3n) is 4.09. The predicted molar refractivity (Wildman–Crippen MR) is 100 cm³/mol. The molecular weight excluding hydrogens is 351 g/mol. The van der Waals surface area contributed by atoms with Crippen LogP contribution >= 0.6 is 12.6 Å². The van der Waals surface area contributed by atoms with E-state index in [1.54, 1.807) is 24.4 Å². The van der Waals surface area contributed by atoms with Gasteiger partial charge in [-0.05, 0) is 24.6 Å². The summed E-state index contributed by atoms with van der Waals surface area (Å²) in [7, 11) is 0. The molecular formula is C18H17FN6S. The summed E-state index contributed by atoms with van der Waals surface area (Å²) in [6, 6.07) is 14.7. The van der Waals surface area contributed by atoms with Gasteiger partial charge >= 0.3 is 0 Å². The van der Waals surface area contributed by atoms with Gasteiger partial charge in [0.05, 0.1) is 18.3 Å². The molecule has 0 fully saturated rings. The molecule has 6 nitrogen and oxygen atoms in total. The molecule has 1 aromatic heterocycles. The molecule has 0 saturated carbocycles. The second-order valence-corrected chi connectivity index (χ2v) is 6.40. The predicted octanol–water partition coefficient (Wildman–Crippen LogP) is 2.80. The van der Waals surface area contributed by atoms with Gasteiger partial charge in [-0.2, -0.15) is 5.10 Å². The van der Waals surface area contributed by atoms with Crippen molar-refractivity contribution in [3.63, 3.8) is 0 Å². The third-order valence-corrected chi connectivity index (χ3v) is 4.52. The Morgan fingerprint density at radius 1 is 1.15 bits per heavy atom. The van der Waals surface area contributed by atoms with Crippen LogP contribution in [-0.4, -0.2) is 20.6 Å². The molecule has 2 N–H and O–H groups in total. The number of hydrazine groups is 2. The molecule has 0 spiro atoms. The molecule has 0 bridgehead atoms. The summed E-state index contributed by atoms with van der Waals surface area (Å²) in [5.41, 5.74) is 9.12. The Bertz CT molecular complexity index is 983. The first-order chi connectivity index (χ1) is 12.6. The van der Waals surface area contributed by atoms with Crippen molar-refractivity contribution >= 4 is 18.5 Å². The van der Waals surface area contributed by atoms with Crippen LogP contribution in [0.4, 0.5) is 4.39 Å². The van der Waals surface area contributed by atoms with Gasteiger partial charge in [-0.15, -0.1) is 23.3 Å². The monoisotopic (exact) mass is 368 g/mol. The topological polar surface area (TPSA) is 57.5 Å². The van der Waals surface area contributed by atoms with Gasteiger partial charge in [0.2, 0.25) is 0 Å². The lowest BCUT2D eigenvalue weighted by Gasteiger charge is -2.19. The second-order valence-electron chi connectivity index (χ2n) is 5.98. The number of hydrogen-bond acceptors (Lipinski definition) is 6. The average Bonchev–Trinajstić information content (AvgIpc) is 3.22. The van der Waals surface area contributed by atoms with Gasteiger partial charge < -0.3 is 0 Å². The Kier molecular flexibility index (Phi) is 4.36. The lowest BCUT2D eigenvalue weighted by molar-refractivity contribution is 0.288. The molecule has 0 unspecified atom stereocenters. The van der Waals surface area contributed by atoms with Crippen LogP contribution in [0.3, 0.4) is 0 Å². The number of benzene rings is 2. The Hall–Kier alpha value is -2.84. The summed E-state index contributed by atoms with van der Waals surface area (Å²) in [5.74, 6) is 0.276. The van der Waals surface area contributed by atoms with E-state index in [1.807, 2.05) is 11.1 Å². The summed E-state index contributed by atoms with van der Waals surface area (Å²) in [4.78, 5) is 0. The van der Waals surface area contributed by atoms with Crippen LogP contribution in [0.15, 0.2) is 64.9 Å². The molecule has 4 rings (SSSR count). The number of hydrogen-bond donors (Lipinski definition) is 3. The molecule has 3 aromatic rings. The van der Waals surface area contributed by atoms with E-state index in [1.165, 1.54) is 16.3 Å². The maximum Gasteiger partial charge on any atom is 0.177 e. The first-order valence-electron chi connectivity index (χ1n) is 8.07. The van der Waals surface area contributed by atoms with E-state index in [0.29, 0.717) is 28.7 Å². The lowest BCUT2D eigenvalue weighted by Crippen LogP contribution is -2.40. The van der Waals surface area contributed by atoms with Gasteiger partial charge in [-0.3, -0.25) is 5.01 Å². The van der Waals surface area contributed by atoms with E-state index in [-0.39, 0.29) is 5.82 Å². The number of rotatable bonds is 4. The van der Waals surface area contributed by atoms with E-state index in [9.17, 15) is 4.39 Å². The fourth-order valence-corrected chi connectivity index (χ4v) is 3.18. The van der Waals surface area contributed by atoms with Crippen LogP contribution in [0.2, 0.25) is 0 Å². The molecule has 0 radical (unpaired) electrons. The normalized spacial score (nSPS) is 13.7. The highest BCUT2D eigenvalue weighted by Gasteiger charge is 2.24. The SMILES string of the molecule is Cc1cccc(CN2NNN=C2c2cnn(-c3ccccc3F)c2S)c1. The number of nitrogens with zero attached hydrogens (tertiary/aromatic N) is 4. The van der Waals surface area contributed by atoms with Gasteiger partial charge in [-0.1, -0.05) is 42.0 Å². The van der Waals surface area contributed by atoms with Crippen molar-refractivity contribution in [3.05, 3.63) is 77.2 Å². The van der Waals surface area contributed by atoms with Crippen molar-refractivity contribution in [2.24, 2.45) is 5.10 Å². The first-order valence-corrected chi connectivity index (χ1v) is 8.52. The minimum atomic E-state index is -0.362. The highest BCUT2D eigenvalue weighted by molar-refractivity contribution is 7.80. The number of aromatic nitrogens is 2. The quantitative estimate of drug-likeness (QED) is 0.620. The van der Waals surface area contributed by atoms with E-state index >= 15 is 0 Å². The average molecular weight is 368 g/mol. The van der Waals surface area contributed by atoms with Crippen molar-refractivity contribution < 1.29 is 4.39 Å². The van der Waals surface area contributed by atoms with Crippen LogP contribution < -0.4 is 11.1 Å². The molecule has 0 saturated heterocycles. The number of nitrogens with one attached hydrogen (secondary N) is 2. The minimum Gasteiger partial charge on any atom is -0.266 e. The van der Waals surface area contributed by atoms with Gasteiger partial charge in [-0.25, -0.2) is 14.6 Å². The minimum absolute atomic E-state index is 0.341. The Morgan fingerprint density at radius 2 is 2.00 bits per heavy atom. The zero-order chi connectivity index (χ0) is 18.1. The molecule has 1 aliphatic heterocycles. The summed E-state index contributed by atoms with van der Waals surface area (Å²) in [5, 5.41) is 10.9. The first kappa shape index (κ1) is 16.6. The van der Waals surface area contributed by atoms with Crippen molar-refractivity contribution in [1.29, 1.82) is 0 Å². The molecule has 2 aromatic carbocycles. The highest BCUT2D eigenvalue weighted by Crippen LogP contribution is 2.23. The summed E-state index contributed by atoms with van der Waals surface area (Å²) in [6.45, 7) is 2.66. The molecule has 0 aliphatic carbocycles. The fraction of sp³-hybridized carbons (Fsp3) is 0.111. The van der Waals surface area contributed by atoms with Crippen molar-refractivity contribution in [3.8, 4) is 5.69 Å². The van der Waals surface area contributed by atoms with E-state index < -0.39 is 0 Å². The van der Waals surface area contributed by atoms with Gasteiger partial charge in [0.1, 0.15) is 16.5 Å². The Balaban J connectivity index is 1.64. The molecule has 0 atom stereocenters. The standard InChI is InChI=1S/C18H17FN6S/c1-12-5-4-6-13(9-12)11-24-17(21-22-23-24)14-10-20-25(18(14)26)16-8-3-2-7-15(16)19/h2-10,22-23,26H,11H2,1H3. The maximum atomic E-state index is 14.1. The summed E-state index contributed by atoms with van der Waals surface area (Å²) >= 11 is 4.55. The maximum absolute atomic E-state index is 14.1. The fourth-order valence-electron chi connectivity index (χ4n) is 2.86. The molecule has 26 heavy (non-hydrogen) atoms. The van der Waals surface area contributed by atoms with Crippen LogP contribution in [0.5, 0.6) is 0 Å². The van der Waals surface area contributed by atoms with Crippen molar-refractivity contribution in [2.45, 2.75) is 18.5 Å². The van der Waals surface area contributed by atoms with Gasteiger partial charge in [0, 0.05) is 0 Å². The number of thiol groups is 1. The number of amidine groups is 1. The molecule has 2 heterocycles. The third kappa shape index (κ3) is 3.04. The zero-order valence-corrected chi connectivity index (χ0v) is 14.9. The largest absolute Gasteiger partial charge is 0.266 e. The highest BCUT2D eigenvalue weighted by atomic mass is 32.1. The smallest absolute Gasteiger partial charge is 0.177 e. The van der Waals surface area contributed by atoms with Gasteiger partial charge in [0.25, 0.3) is 0 Å². The van der Waals surface area contributed by atoms with E-state index in [4.69, 9.17) is 0 Å². The number of halogens is 1. The number of hydrazone groups is 1. The molecule has 0 amide bonds. The summed E-state index contributed by atoms with van der Waals surface area (Å²) in [6.07, 6.45) is 1.63. The summed E-state index contributed by atoms with van der Waals surface area (Å²) < 4.78 is 15.5. The lowest BCUT2D eigenvalue weighted by atomic mass is 10.1. The molecule has 8 heteroatoms. The second kappa shape index (κ2) is 6.81. The van der Waals surface area contributed by atoms with Crippen molar-refractivity contribution in [2.75, 3.05) is 0 Å². The van der Waals surface area contributed by atoms with Gasteiger partial charge in [0.15, 0.2) is 5.84 Å². The van der Waals surface area contributed by atoms with Crippen LogP contribution in [-0.2, 0) is 6.54 Å². The van der Waals surface area contributed by atoms with E-state index in [2.05, 4.69) is 59.0 Å². The molecule has 132 valence electrons. The molecule has 1 aliphatic rings. The Morgan fingerprint density at radius 3 is 2.81 bits per heavy atom. The van der Waals surface area contributed by atoms with Crippen LogP contribution in [0, 0.1) is 12.7 Å². The van der Waals surface area contributed by atoms with E-state index in [0.717, 1.165) is 5.56 Å².